The summed E-state index contributed by atoms with van der Waals surface area (Å²) in [7, 11) is 0. The van der Waals surface area contributed by atoms with Crippen LogP contribution in [-0.4, -0.2) is 59.8 Å². The lowest BCUT2D eigenvalue weighted by Gasteiger charge is -2.27. The Morgan fingerprint density at radius 3 is 2.56 bits per heavy atom. The van der Waals surface area contributed by atoms with Crippen molar-refractivity contribution in [2.45, 2.75) is 26.2 Å². The number of hydrogen-bond donors (Lipinski definition) is 1. The number of aromatic carboxylic acids is 1. The van der Waals surface area contributed by atoms with Gasteiger partial charge in [-0.3, -0.25) is 19.9 Å². The summed E-state index contributed by atoms with van der Waals surface area (Å²) in [5.74, 6) is -1.27. The van der Waals surface area contributed by atoms with Crippen molar-refractivity contribution in [3.05, 3.63) is 75.8 Å². The zero-order valence-corrected chi connectivity index (χ0v) is 19.2. The second-order valence-electron chi connectivity index (χ2n) is 7.97. The number of nitro groups is 1. The number of ether oxygens (including phenoxy) is 1. The summed E-state index contributed by atoms with van der Waals surface area (Å²) in [5, 5.41) is 20.8. The van der Waals surface area contributed by atoms with Crippen molar-refractivity contribution in [1.82, 2.24) is 4.90 Å². The lowest BCUT2D eigenvalue weighted by Crippen LogP contribution is -2.35. The normalized spacial score (nSPS) is 13.7. The molecule has 1 aliphatic rings. The fraction of sp³-hybridized carbons (Fsp3) is 0.360. The molecule has 0 atom stereocenters. The lowest BCUT2D eigenvalue weighted by molar-refractivity contribution is -0.384. The largest absolute Gasteiger partial charge is 0.478 e. The Kier molecular flexibility index (Phi) is 8.75. The summed E-state index contributed by atoms with van der Waals surface area (Å²) >= 11 is 0. The average Bonchev–Trinajstić information content (AvgIpc) is 2.84. The van der Waals surface area contributed by atoms with Crippen LogP contribution in [0.2, 0.25) is 0 Å². The molecule has 2 aromatic rings. The minimum Gasteiger partial charge on any atom is -0.478 e. The fourth-order valence-electron chi connectivity index (χ4n) is 3.98. The minimum atomic E-state index is -1.27. The first-order valence-electron chi connectivity index (χ1n) is 11.3. The van der Waals surface area contributed by atoms with Crippen molar-refractivity contribution in [3.63, 3.8) is 0 Å². The molecule has 0 radical (unpaired) electrons. The zero-order chi connectivity index (χ0) is 24.5. The van der Waals surface area contributed by atoms with E-state index >= 15 is 0 Å². The second-order valence-corrected chi connectivity index (χ2v) is 7.97. The maximum atomic E-state index is 12.6. The monoisotopic (exact) mass is 467 g/mol. The number of benzene rings is 2. The molecule has 180 valence electrons. The van der Waals surface area contributed by atoms with Gasteiger partial charge in [-0.15, -0.1) is 0 Å². The highest BCUT2D eigenvalue weighted by atomic mass is 16.6. The summed E-state index contributed by atoms with van der Waals surface area (Å²) in [6, 6.07) is 13.7. The van der Waals surface area contributed by atoms with Gasteiger partial charge in [0.05, 0.1) is 22.8 Å². The molecule has 2 aromatic carbocycles. The van der Waals surface area contributed by atoms with E-state index in [0.29, 0.717) is 6.42 Å². The van der Waals surface area contributed by atoms with Gasteiger partial charge in [0.15, 0.2) is 0 Å². The molecule has 0 saturated carbocycles. The maximum Gasteiger partial charge on any atom is 0.414 e. The van der Waals surface area contributed by atoms with Crippen molar-refractivity contribution in [2.24, 2.45) is 0 Å². The summed E-state index contributed by atoms with van der Waals surface area (Å²) in [6.45, 7) is 4.57. The molecule has 0 bridgehead atoms. The minimum absolute atomic E-state index is 0.0337. The fourth-order valence-corrected chi connectivity index (χ4v) is 3.98. The molecule has 1 aliphatic heterocycles. The molecule has 0 fully saturated rings. The summed E-state index contributed by atoms with van der Waals surface area (Å²) in [4.78, 5) is 38.4. The van der Waals surface area contributed by atoms with E-state index in [2.05, 4.69) is 23.1 Å². The van der Waals surface area contributed by atoms with Crippen LogP contribution in [0.3, 0.4) is 0 Å². The van der Waals surface area contributed by atoms with Gasteiger partial charge in [0.1, 0.15) is 0 Å². The van der Waals surface area contributed by atoms with Crippen LogP contribution >= 0.6 is 0 Å². The van der Waals surface area contributed by atoms with E-state index in [1.54, 1.807) is 6.92 Å². The molecular weight excluding hydrogens is 438 g/mol. The van der Waals surface area contributed by atoms with Gasteiger partial charge in [-0.25, -0.2) is 9.59 Å². The number of carboxylic acids is 1. The molecule has 9 heteroatoms. The molecule has 0 aromatic heterocycles. The van der Waals surface area contributed by atoms with Crippen molar-refractivity contribution in [3.8, 4) is 0 Å². The quantitative estimate of drug-likeness (QED) is 0.303. The van der Waals surface area contributed by atoms with Crippen molar-refractivity contribution >= 4 is 29.0 Å². The van der Waals surface area contributed by atoms with Crippen LogP contribution < -0.4 is 4.90 Å². The number of nitro benzene ring substituents is 1. The molecule has 3 rings (SSSR count). The van der Waals surface area contributed by atoms with E-state index in [1.807, 2.05) is 18.2 Å². The van der Waals surface area contributed by atoms with Crippen molar-refractivity contribution < 1.29 is 24.4 Å². The van der Waals surface area contributed by atoms with E-state index < -0.39 is 17.0 Å². The predicted octanol–water partition coefficient (Wildman–Crippen LogP) is 4.83. The first-order valence-corrected chi connectivity index (χ1v) is 11.3. The first-order chi connectivity index (χ1) is 16.4. The molecule has 1 amide bonds. The number of anilines is 1. The van der Waals surface area contributed by atoms with Crippen molar-refractivity contribution in [1.29, 1.82) is 0 Å². The van der Waals surface area contributed by atoms with Crippen LogP contribution in [0.4, 0.5) is 16.2 Å². The van der Waals surface area contributed by atoms with Crippen LogP contribution in [0.5, 0.6) is 0 Å². The molecule has 1 N–H and O–H groups in total. The Morgan fingerprint density at radius 1 is 1.18 bits per heavy atom. The molecule has 0 spiro atoms. The number of unbranched alkanes of at least 4 members (excludes halogenated alkanes) is 1. The topological polar surface area (TPSA) is 113 Å². The third kappa shape index (κ3) is 6.41. The first kappa shape index (κ1) is 24.9. The Bertz CT molecular complexity index is 1050. The number of rotatable bonds is 10. The molecular formula is C25H29N3O6. The van der Waals surface area contributed by atoms with Crippen LogP contribution in [0.25, 0.3) is 5.57 Å². The van der Waals surface area contributed by atoms with Gasteiger partial charge in [0.2, 0.25) is 0 Å². The van der Waals surface area contributed by atoms with Crippen LogP contribution in [-0.2, 0) is 4.74 Å². The third-order valence-electron chi connectivity index (χ3n) is 5.75. The standard InChI is InChI=1S/C25H29N3O6/c1-2-34-25(31)27(23-18-21(28(32)33)10-11-22(23)24(29)30)15-7-6-14-26-16-12-20(13-17-26)19-8-4-3-5-9-19/h3-5,8-12,18H,2,6-7,13-17H2,1H3,(H,29,30). The van der Waals surface area contributed by atoms with E-state index in [4.69, 9.17) is 4.74 Å². The summed E-state index contributed by atoms with van der Waals surface area (Å²) in [5.41, 5.74) is 2.08. The van der Waals surface area contributed by atoms with Crippen LogP contribution in [0.1, 0.15) is 42.1 Å². The molecule has 1 heterocycles. The highest BCUT2D eigenvalue weighted by Crippen LogP contribution is 2.28. The Morgan fingerprint density at radius 2 is 1.94 bits per heavy atom. The molecule has 34 heavy (non-hydrogen) atoms. The van der Waals surface area contributed by atoms with Gasteiger partial charge in [-0.05, 0) is 49.9 Å². The Balaban J connectivity index is 1.63. The number of carbonyl (C=O) groups is 2. The van der Waals surface area contributed by atoms with Gasteiger partial charge in [-0.2, -0.15) is 0 Å². The third-order valence-corrected chi connectivity index (χ3v) is 5.75. The predicted molar refractivity (Wildman–Crippen MR) is 129 cm³/mol. The van der Waals surface area contributed by atoms with Crippen LogP contribution in [0.15, 0.2) is 54.6 Å². The van der Waals surface area contributed by atoms with Crippen molar-refractivity contribution in [2.75, 3.05) is 37.7 Å². The number of nitrogens with zero attached hydrogens (tertiary/aromatic N) is 3. The smallest absolute Gasteiger partial charge is 0.414 e. The number of hydrogen-bond acceptors (Lipinski definition) is 6. The number of carboxylic acid groups (broad SMARTS) is 1. The number of non-ortho nitro benzene ring substituents is 1. The Labute approximate surface area is 198 Å². The van der Waals surface area contributed by atoms with Gasteiger partial charge >= 0.3 is 12.1 Å². The lowest BCUT2D eigenvalue weighted by atomic mass is 9.99. The zero-order valence-electron chi connectivity index (χ0n) is 19.2. The highest BCUT2D eigenvalue weighted by Gasteiger charge is 2.25. The number of amides is 1. The van der Waals surface area contributed by atoms with E-state index in [9.17, 15) is 24.8 Å². The van der Waals surface area contributed by atoms with Gasteiger partial charge in [0.25, 0.3) is 5.69 Å². The van der Waals surface area contributed by atoms with Gasteiger partial charge in [0, 0.05) is 31.8 Å². The van der Waals surface area contributed by atoms with Gasteiger partial charge in [-0.1, -0.05) is 36.4 Å². The Hall–Kier alpha value is -3.72. The van der Waals surface area contributed by atoms with E-state index in [0.717, 1.165) is 50.7 Å². The average molecular weight is 468 g/mol. The molecule has 0 aliphatic carbocycles. The second kappa shape index (κ2) is 11.9. The molecule has 0 unspecified atom stereocenters. The molecule has 9 nitrogen and oxygen atoms in total. The van der Waals surface area contributed by atoms with Gasteiger partial charge < -0.3 is 9.84 Å². The summed E-state index contributed by atoms with van der Waals surface area (Å²) < 4.78 is 5.10. The SMILES string of the molecule is CCOC(=O)N(CCCCN1CC=C(c2ccccc2)CC1)c1cc([N+](=O)[O-])ccc1C(=O)O. The van der Waals surface area contributed by atoms with Crippen LogP contribution in [0, 0.1) is 10.1 Å². The summed E-state index contributed by atoms with van der Waals surface area (Å²) in [6.07, 6.45) is 3.85. The molecule has 0 saturated heterocycles. The number of carbonyl (C=O) groups excluding carboxylic acids is 1. The van der Waals surface area contributed by atoms with E-state index in [-0.39, 0.29) is 30.1 Å². The highest BCUT2D eigenvalue weighted by molar-refractivity contribution is 6.00. The maximum absolute atomic E-state index is 12.6. The van der Waals surface area contributed by atoms with E-state index in [1.165, 1.54) is 16.0 Å².